The van der Waals surface area contributed by atoms with Crippen LogP contribution in [0.5, 0.6) is 0 Å². The second kappa shape index (κ2) is 13.7. The molecule has 11 nitrogen and oxygen atoms in total. The molecule has 0 aliphatic carbocycles. The van der Waals surface area contributed by atoms with E-state index in [0.717, 1.165) is 46.4 Å². The predicted octanol–water partition coefficient (Wildman–Crippen LogP) is 3.82. The number of nitrogens with two attached hydrogens (primary N) is 1. The molecule has 224 valence electrons. The molecular formula is C31H40N6O5. The quantitative estimate of drug-likeness (QED) is 0.193. The average Bonchev–Trinajstić information content (AvgIpc) is 3.46. The maximum absolute atomic E-state index is 12.9. The van der Waals surface area contributed by atoms with Crippen molar-refractivity contribution in [1.82, 2.24) is 24.8 Å². The standard InChI is InChI=1S/C31H40N6O5/c1-4-42-19-24-34-28-29(22-12-9-10-13-23(22)33-30(28)32)37(24)20-31(2,3)35-25(39)14-8-6-5-7-11-21(38)17-18-36-26(40)15-16-27(36)41/h9-10,12-13,15-16H,4-8,11,14,17-20H2,1-3H3,(H2,32,33)(H,35,39). The van der Waals surface area contributed by atoms with Crippen molar-refractivity contribution in [2.45, 2.75) is 84.4 Å². The van der Waals surface area contributed by atoms with Gasteiger partial charge in [-0.1, -0.05) is 31.0 Å². The topological polar surface area (TPSA) is 150 Å². The second-order valence-corrected chi connectivity index (χ2v) is 11.3. The lowest BCUT2D eigenvalue weighted by molar-refractivity contribution is -0.137. The van der Waals surface area contributed by atoms with Gasteiger partial charge in [-0.25, -0.2) is 9.97 Å². The fourth-order valence-electron chi connectivity index (χ4n) is 5.23. The molecule has 3 heterocycles. The van der Waals surface area contributed by atoms with E-state index in [1.165, 1.54) is 12.2 Å². The van der Waals surface area contributed by atoms with Crippen LogP contribution in [0.3, 0.4) is 0 Å². The highest BCUT2D eigenvalue weighted by atomic mass is 16.5. The van der Waals surface area contributed by atoms with Crippen molar-refractivity contribution in [2.75, 3.05) is 18.9 Å². The largest absolute Gasteiger partial charge is 0.382 e. The third-order valence-electron chi connectivity index (χ3n) is 7.28. The van der Waals surface area contributed by atoms with Gasteiger partial charge in [0.1, 0.15) is 23.7 Å². The Morgan fingerprint density at radius 1 is 0.976 bits per heavy atom. The molecular weight excluding hydrogens is 536 g/mol. The highest BCUT2D eigenvalue weighted by Gasteiger charge is 2.26. The fourth-order valence-corrected chi connectivity index (χ4v) is 5.23. The summed E-state index contributed by atoms with van der Waals surface area (Å²) in [5.74, 6) is 0.347. The summed E-state index contributed by atoms with van der Waals surface area (Å²) < 4.78 is 7.78. The van der Waals surface area contributed by atoms with E-state index in [0.29, 0.717) is 50.4 Å². The van der Waals surface area contributed by atoms with Crippen LogP contribution in [0.2, 0.25) is 0 Å². The zero-order valence-corrected chi connectivity index (χ0v) is 24.6. The van der Waals surface area contributed by atoms with Gasteiger partial charge in [-0.05, 0) is 39.7 Å². The number of pyridine rings is 1. The third kappa shape index (κ3) is 7.58. The lowest BCUT2D eigenvalue weighted by Crippen LogP contribution is -2.46. The van der Waals surface area contributed by atoms with Gasteiger partial charge in [-0.3, -0.25) is 24.1 Å². The Bertz CT molecular complexity index is 1490. The summed E-state index contributed by atoms with van der Waals surface area (Å²) in [6, 6.07) is 7.80. The van der Waals surface area contributed by atoms with E-state index in [4.69, 9.17) is 15.5 Å². The number of carbonyl (C=O) groups excluding carboxylic acids is 4. The Kier molecular flexibility index (Phi) is 10.1. The van der Waals surface area contributed by atoms with Gasteiger partial charge in [0.2, 0.25) is 5.91 Å². The number of imide groups is 1. The summed E-state index contributed by atoms with van der Waals surface area (Å²) in [7, 11) is 0. The van der Waals surface area contributed by atoms with Crippen molar-refractivity contribution in [3.8, 4) is 0 Å². The van der Waals surface area contributed by atoms with Crippen LogP contribution < -0.4 is 11.1 Å². The average molecular weight is 577 g/mol. The lowest BCUT2D eigenvalue weighted by Gasteiger charge is -2.28. The summed E-state index contributed by atoms with van der Waals surface area (Å²) in [6.45, 7) is 7.36. The molecule has 3 N–H and O–H groups in total. The van der Waals surface area contributed by atoms with Gasteiger partial charge in [0.15, 0.2) is 5.82 Å². The molecule has 1 aromatic carbocycles. The van der Waals surface area contributed by atoms with Crippen LogP contribution in [0.15, 0.2) is 36.4 Å². The molecule has 3 aromatic rings. The van der Waals surface area contributed by atoms with E-state index in [1.807, 2.05) is 45.0 Å². The molecule has 11 heteroatoms. The Morgan fingerprint density at radius 2 is 1.67 bits per heavy atom. The maximum atomic E-state index is 12.9. The zero-order chi connectivity index (χ0) is 30.3. The smallest absolute Gasteiger partial charge is 0.253 e. The van der Waals surface area contributed by atoms with Crippen molar-refractivity contribution in [1.29, 1.82) is 0 Å². The van der Waals surface area contributed by atoms with Gasteiger partial charge in [0.25, 0.3) is 11.8 Å². The number of hydrogen-bond acceptors (Lipinski definition) is 8. The number of ether oxygens (including phenoxy) is 1. The highest BCUT2D eigenvalue weighted by molar-refractivity contribution is 6.13. The summed E-state index contributed by atoms with van der Waals surface area (Å²) in [5.41, 5.74) is 7.99. The number of ketones is 1. The first kappa shape index (κ1) is 30.8. The number of hydrogen-bond donors (Lipinski definition) is 2. The number of aromatic nitrogens is 3. The number of para-hydroxylation sites is 1. The highest BCUT2D eigenvalue weighted by Crippen LogP contribution is 2.30. The van der Waals surface area contributed by atoms with Gasteiger partial charge in [-0.2, -0.15) is 0 Å². The predicted molar refractivity (Wildman–Crippen MR) is 160 cm³/mol. The lowest BCUT2D eigenvalue weighted by atomic mass is 10.0. The number of nitrogen functional groups attached to an aromatic ring is 1. The number of fused-ring (bicyclic) bond motifs is 3. The SMILES string of the molecule is CCOCc1nc2c(N)nc3ccccc3c2n1CC(C)(C)NC(=O)CCCCCCC(=O)CCN1C(=O)C=CC1=O. The molecule has 0 saturated carbocycles. The Hall–Kier alpha value is -4.12. The molecule has 0 unspecified atom stereocenters. The van der Waals surface area contributed by atoms with Crippen molar-refractivity contribution in [3.05, 3.63) is 42.2 Å². The summed E-state index contributed by atoms with van der Waals surface area (Å²) in [6.07, 6.45) is 6.50. The van der Waals surface area contributed by atoms with Crippen LogP contribution in [-0.2, 0) is 37.1 Å². The second-order valence-electron chi connectivity index (χ2n) is 11.3. The normalized spacial score (nSPS) is 13.5. The Morgan fingerprint density at radius 3 is 2.38 bits per heavy atom. The molecule has 0 radical (unpaired) electrons. The molecule has 2 aromatic heterocycles. The Balaban J connectivity index is 1.27. The van der Waals surface area contributed by atoms with E-state index in [2.05, 4.69) is 14.9 Å². The molecule has 0 atom stereocenters. The molecule has 1 aliphatic rings. The first-order valence-electron chi connectivity index (χ1n) is 14.6. The number of carbonyl (C=O) groups is 4. The summed E-state index contributed by atoms with van der Waals surface area (Å²) in [4.78, 5) is 58.5. The van der Waals surface area contributed by atoms with Crippen LogP contribution >= 0.6 is 0 Å². The molecule has 1 aliphatic heterocycles. The molecule has 3 amide bonds. The molecule has 0 spiro atoms. The number of Topliss-reactive ketones (excluding diaryl/α,β-unsaturated/α-hetero) is 1. The van der Waals surface area contributed by atoms with Crippen LogP contribution in [-0.4, -0.2) is 61.6 Å². The number of rotatable bonds is 16. The number of unbranched alkanes of at least 4 members (excludes halogenated alkanes) is 3. The van der Waals surface area contributed by atoms with Gasteiger partial charge in [0.05, 0.1) is 16.6 Å². The van der Waals surface area contributed by atoms with Gasteiger partial charge >= 0.3 is 0 Å². The minimum absolute atomic E-state index is 0.0306. The van der Waals surface area contributed by atoms with E-state index in [-0.39, 0.29) is 36.5 Å². The molecule has 4 rings (SSSR count). The molecule has 0 saturated heterocycles. The number of benzene rings is 1. The van der Waals surface area contributed by atoms with Crippen molar-refractivity contribution in [3.63, 3.8) is 0 Å². The van der Waals surface area contributed by atoms with Crippen LogP contribution in [0.1, 0.15) is 71.5 Å². The number of anilines is 1. The van der Waals surface area contributed by atoms with Crippen LogP contribution in [0, 0.1) is 0 Å². The van der Waals surface area contributed by atoms with E-state index in [9.17, 15) is 19.2 Å². The van der Waals surface area contributed by atoms with Gasteiger partial charge in [-0.15, -0.1) is 0 Å². The zero-order valence-electron chi connectivity index (χ0n) is 24.6. The first-order chi connectivity index (χ1) is 20.1. The molecule has 0 bridgehead atoms. The van der Waals surface area contributed by atoms with Crippen molar-refractivity contribution < 1.29 is 23.9 Å². The number of nitrogens with one attached hydrogen (secondary N) is 1. The van der Waals surface area contributed by atoms with Crippen molar-refractivity contribution >= 4 is 51.3 Å². The minimum atomic E-state index is -0.579. The third-order valence-corrected chi connectivity index (χ3v) is 7.28. The minimum Gasteiger partial charge on any atom is -0.382 e. The van der Waals surface area contributed by atoms with E-state index in [1.54, 1.807) is 0 Å². The van der Waals surface area contributed by atoms with Gasteiger partial charge < -0.3 is 20.4 Å². The van der Waals surface area contributed by atoms with E-state index < -0.39 is 5.54 Å². The number of nitrogens with zero attached hydrogens (tertiary/aromatic N) is 4. The van der Waals surface area contributed by atoms with Crippen LogP contribution in [0.25, 0.3) is 21.9 Å². The molecule has 0 fully saturated rings. The number of imidazole rings is 1. The molecule has 42 heavy (non-hydrogen) atoms. The van der Waals surface area contributed by atoms with Crippen LogP contribution in [0.4, 0.5) is 5.82 Å². The Labute approximate surface area is 245 Å². The number of amides is 3. The van der Waals surface area contributed by atoms with E-state index >= 15 is 0 Å². The monoisotopic (exact) mass is 576 g/mol. The summed E-state index contributed by atoms with van der Waals surface area (Å²) in [5, 5.41) is 4.11. The summed E-state index contributed by atoms with van der Waals surface area (Å²) >= 11 is 0. The van der Waals surface area contributed by atoms with Crippen molar-refractivity contribution in [2.24, 2.45) is 0 Å². The van der Waals surface area contributed by atoms with Gasteiger partial charge in [0, 0.05) is 56.5 Å². The maximum Gasteiger partial charge on any atom is 0.253 e. The fraction of sp³-hybridized carbons (Fsp3) is 0.484. The first-order valence-corrected chi connectivity index (χ1v) is 14.6.